The van der Waals surface area contributed by atoms with Gasteiger partial charge in [0, 0.05) is 6.07 Å². The molecule has 118 valence electrons. The highest BCUT2D eigenvalue weighted by molar-refractivity contribution is 5.94. The van der Waals surface area contributed by atoms with Crippen LogP contribution in [0.1, 0.15) is 41.6 Å². The summed E-state index contributed by atoms with van der Waals surface area (Å²) in [6, 6.07) is 1.99. The highest BCUT2D eigenvalue weighted by Crippen LogP contribution is 2.25. The second-order valence-corrected chi connectivity index (χ2v) is 4.94. The van der Waals surface area contributed by atoms with E-state index in [0.29, 0.717) is 17.5 Å². The van der Waals surface area contributed by atoms with Crippen molar-refractivity contribution in [2.75, 3.05) is 0 Å². The molecule has 2 aromatic rings. The molecule has 5 nitrogen and oxygen atoms in total. The number of nitrogens with zero attached hydrogens (tertiary/aromatic N) is 1. The third-order valence-corrected chi connectivity index (χ3v) is 2.97. The number of nitrogens with one attached hydrogen (secondary N) is 1. The molecular weight excluding hydrogens is 301 g/mol. The highest BCUT2D eigenvalue weighted by Gasteiger charge is 2.22. The predicted octanol–water partition coefficient (Wildman–Crippen LogP) is 2.85. The van der Waals surface area contributed by atoms with Crippen LogP contribution in [0.2, 0.25) is 0 Å². The summed E-state index contributed by atoms with van der Waals surface area (Å²) in [5, 5.41) is 15.1. The van der Waals surface area contributed by atoms with Crippen molar-refractivity contribution in [2.45, 2.75) is 26.3 Å². The smallest absolute Gasteiger partial charge is 0.254 e. The molecule has 0 unspecified atom stereocenters. The number of benzene rings is 1. The molecule has 0 atom stereocenters. The average molecular weight is 314 g/mol. The number of carbonyl (C=O) groups excluding carboxylic acids is 1. The molecule has 8 heteroatoms. The lowest BCUT2D eigenvalue weighted by atomic mass is 10.1. The molecular formula is C14H13F3N2O3. The van der Waals surface area contributed by atoms with Gasteiger partial charge in [-0.2, -0.15) is 4.39 Å². The monoisotopic (exact) mass is 314 g/mol. The SMILES string of the molecule is CC(C)c1cc(CNC(=O)c2cc(F)c(F)c(O)c2F)on1. The van der Waals surface area contributed by atoms with E-state index in [1.807, 2.05) is 13.8 Å². The number of carbonyl (C=O) groups is 1. The number of hydrogen-bond acceptors (Lipinski definition) is 4. The maximum Gasteiger partial charge on any atom is 0.254 e. The first kappa shape index (κ1) is 15.9. The number of phenolic OH excluding ortho intramolecular Hbond substituents is 1. The molecule has 1 aromatic heterocycles. The number of aromatic nitrogens is 1. The summed E-state index contributed by atoms with van der Waals surface area (Å²) in [6.07, 6.45) is 0. The van der Waals surface area contributed by atoms with E-state index in [0.717, 1.165) is 0 Å². The number of phenols is 1. The van der Waals surface area contributed by atoms with Crippen molar-refractivity contribution in [1.82, 2.24) is 10.5 Å². The third kappa shape index (κ3) is 3.05. The van der Waals surface area contributed by atoms with Crippen LogP contribution in [-0.2, 0) is 6.54 Å². The molecule has 0 saturated heterocycles. The van der Waals surface area contributed by atoms with Crippen LogP contribution in [0.15, 0.2) is 16.7 Å². The van der Waals surface area contributed by atoms with Crippen molar-refractivity contribution in [3.63, 3.8) is 0 Å². The van der Waals surface area contributed by atoms with Crippen LogP contribution in [0, 0.1) is 17.5 Å². The maximum atomic E-state index is 13.6. The Bertz CT molecular complexity index is 714. The first-order valence-electron chi connectivity index (χ1n) is 6.41. The first-order valence-corrected chi connectivity index (χ1v) is 6.41. The molecule has 2 N–H and O–H groups in total. The van der Waals surface area contributed by atoms with Gasteiger partial charge in [0.15, 0.2) is 23.1 Å². The highest BCUT2D eigenvalue weighted by atomic mass is 19.2. The van der Waals surface area contributed by atoms with Crippen LogP contribution in [0.3, 0.4) is 0 Å². The summed E-state index contributed by atoms with van der Waals surface area (Å²) in [5.74, 6) is -6.90. The molecule has 1 aromatic carbocycles. The molecule has 2 rings (SSSR count). The minimum atomic E-state index is -1.74. The van der Waals surface area contributed by atoms with Crippen LogP contribution in [0.4, 0.5) is 13.2 Å². The molecule has 22 heavy (non-hydrogen) atoms. The standard InChI is InChI=1S/C14H13F3N2O3/c1-6(2)10-3-7(22-19-10)5-18-14(21)8-4-9(15)12(17)13(20)11(8)16/h3-4,6,20H,5H2,1-2H3,(H,18,21). The van der Waals surface area contributed by atoms with Gasteiger partial charge < -0.3 is 14.9 Å². The summed E-state index contributed by atoms with van der Waals surface area (Å²) in [5.41, 5.74) is -0.124. The fraction of sp³-hybridized carbons (Fsp3) is 0.286. The van der Waals surface area contributed by atoms with Crippen molar-refractivity contribution in [3.05, 3.63) is 46.6 Å². The lowest BCUT2D eigenvalue weighted by Crippen LogP contribution is -2.24. The molecule has 0 fully saturated rings. The molecule has 1 heterocycles. The van der Waals surface area contributed by atoms with Crippen LogP contribution in [-0.4, -0.2) is 16.2 Å². The number of aromatic hydroxyl groups is 1. The number of hydrogen-bond donors (Lipinski definition) is 2. The van der Waals surface area contributed by atoms with Gasteiger partial charge in [0.05, 0.1) is 17.8 Å². The van der Waals surface area contributed by atoms with Gasteiger partial charge in [-0.3, -0.25) is 4.79 Å². The van der Waals surface area contributed by atoms with Gasteiger partial charge in [0.25, 0.3) is 5.91 Å². The molecule has 0 spiro atoms. The van der Waals surface area contributed by atoms with Gasteiger partial charge in [-0.15, -0.1) is 0 Å². The summed E-state index contributed by atoms with van der Waals surface area (Å²) in [7, 11) is 0. The minimum absolute atomic E-state index is 0.113. The van der Waals surface area contributed by atoms with Gasteiger partial charge in [-0.25, -0.2) is 8.78 Å². The van der Waals surface area contributed by atoms with E-state index in [1.165, 1.54) is 0 Å². The third-order valence-electron chi connectivity index (χ3n) is 2.97. The molecule has 0 radical (unpaired) electrons. The number of rotatable bonds is 4. The molecule has 0 aliphatic rings. The second kappa shape index (κ2) is 6.08. The van der Waals surface area contributed by atoms with Crippen molar-refractivity contribution >= 4 is 5.91 Å². The van der Waals surface area contributed by atoms with Gasteiger partial charge in [0.2, 0.25) is 5.82 Å². The predicted molar refractivity (Wildman–Crippen MR) is 69.7 cm³/mol. The minimum Gasteiger partial charge on any atom is -0.503 e. The van der Waals surface area contributed by atoms with Crippen LogP contribution < -0.4 is 5.32 Å². The van der Waals surface area contributed by atoms with Gasteiger partial charge in [-0.05, 0) is 12.0 Å². The van der Waals surface area contributed by atoms with Gasteiger partial charge >= 0.3 is 0 Å². The molecule has 0 aliphatic heterocycles. The Hall–Kier alpha value is -2.51. The Balaban J connectivity index is 2.12. The van der Waals surface area contributed by atoms with E-state index in [9.17, 15) is 18.0 Å². The fourth-order valence-corrected chi connectivity index (χ4v) is 1.70. The van der Waals surface area contributed by atoms with Gasteiger partial charge in [-0.1, -0.05) is 19.0 Å². The number of halogens is 3. The van der Waals surface area contributed by atoms with E-state index >= 15 is 0 Å². The maximum absolute atomic E-state index is 13.6. The Kier molecular flexibility index (Phi) is 4.39. The fourth-order valence-electron chi connectivity index (χ4n) is 1.70. The number of amides is 1. The Labute approximate surface area is 123 Å². The quantitative estimate of drug-likeness (QED) is 0.851. The lowest BCUT2D eigenvalue weighted by Gasteiger charge is -2.06. The van der Waals surface area contributed by atoms with Crippen molar-refractivity contribution in [3.8, 4) is 5.75 Å². The van der Waals surface area contributed by atoms with Crippen LogP contribution >= 0.6 is 0 Å². The van der Waals surface area contributed by atoms with Crippen molar-refractivity contribution in [1.29, 1.82) is 0 Å². The zero-order valence-corrected chi connectivity index (χ0v) is 11.8. The summed E-state index contributed by atoms with van der Waals surface area (Å²) in [4.78, 5) is 11.8. The van der Waals surface area contributed by atoms with E-state index in [4.69, 9.17) is 9.63 Å². The van der Waals surface area contributed by atoms with Crippen LogP contribution in [0.25, 0.3) is 0 Å². The largest absolute Gasteiger partial charge is 0.503 e. The zero-order chi connectivity index (χ0) is 16.4. The second-order valence-electron chi connectivity index (χ2n) is 4.94. The van der Waals surface area contributed by atoms with Crippen molar-refractivity contribution < 1.29 is 27.6 Å². The van der Waals surface area contributed by atoms with Gasteiger partial charge in [0.1, 0.15) is 0 Å². The lowest BCUT2D eigenvalue weighted by molar-refractivity contribution is 0.0941. The van der Waals surface area contributed by atoms with Crippen LogP contribution in [0.5, 0.6) is 5.75 Å². The first-order chi connectivity index (χ1) is 10.3. The normalized spacial score (nSPS) is 11.0. The average Bonchev–Trinajstić information content (AvgIpc) is 2.95. The van der Waals surface area contributed by atoms with E-state index < -0.39 is 34.7 Å². The molecule has 0 aliphatic carbocycles. The summed E-state index contributed by atoms with van der Waals surface area (Å²) in [6.45, 7) is 3.69. The van der Waals surface area contributed by atoms with E-state index in [2.05, 4.69) is 10.5 Å². The Morgan fingerprint density at radius 1 is 1.32 bits per heavy atom. The Morgan fingerprint density at radius 2 is 2.00 bits per heavy atom. The summed E-state index contributed by atoms with van der Waals surface area (Å²) < 4.78 is 44.6. The molecule has 0 saturated carbocycles. The van der Waals surface area contributed by atoms with Crippen molar-refractivity contribution in [2.24, 2.45) is 0 Å². The van der Waals surface area contributed by atoms with E-state index in [1.54, 1.807) is 6.07 Å². The van der Waals surface area contributed by atoms with E-state index in [-0.39, 0.29) is 12.5 Å². The zero-order valence-electron chi connectivity index (χ0n) is 11.8. The summed E-state index contributed by atoms with van der Waals surface area (Å²) >= 11 is 0. The molecule has 1 amide bonds. The topological polar surface area (TPSA) is 75.4 Å². The molecule has 0 bridgehead atoms. The Morgan fingerprint density at radius 3 is 2.59 bits per heavy atom.